The highest BCUT2D eigenvalue weighted by Crippen LogP contribution is 2.20. The second-order valence-electron chi connectivity index (χ2n) is 5.23. The Morgan fingerprint density at radius 2 is 1.65 bits per heavy atom. The molecule has 96 valence electrons. The molecule has 0 aliphatic heterocycles. The molecule has 0 heterocycles. The predicted octanol–water partition coefficient (Wildman–Crippen LogP) is 3.99. The van der Waals surface area contributed by atoms with Crippen molar-refractivity contribution in [1.29, 1.82) is 0 Å². The van der Waals surface area contributed by atoms with Crippen molar-refractivity contribution in [2.75, 3.05) is 14.1 Å². The Morgan fingerprint density at radius 1 is 1.00 bits per heavy atom. The second-order valence-corrected chi connectivity index (χ2v) is 5.23. The highest BCUT2D eigenvalue weighted by atomic mass is 15.1. The average Bonchev–Trinajstić information content (AvgIpc) is 2.35. The van der Waals surface area contributed by atoms with Gasteiger partial charge in [0.1, 0.15) is 0 Å². The molecule has 0 N–H and O–H groups in total. The highest BCUT2D eigenvalue weighted by Gasteiger charge is 2.15. The first-order valence-corrected chi connectivity index (χ1v) is 6.87. The molecule has 1 rings (SSSR count). The number of hydrogen-bond donors (Lipinski definition) is 0. The summed E-state index contributed by atoms with van der Waals surface area (Å²) in [5.74, 6) is 0.810. The van der Waals surface area contributed by atoms with Crippen LogP contribution in [0.4, 0.5) is 0 Å². The Kier molecular flexibility index (Phi) is 6.28. The summed E-state index contributed by atoms with van der Waals surface area (Å²) in [5.41, 5.74) is 1.48. The van der Waals surface area contributed by atoms with Gasteiger partial charge in [0.2, 0.25) is 0 Å². The topological polar surface area (TPSA) is 3.24 Å². The van der Waals surface area contributed by atoms with E-state index in [-0.39, 0.29) is 0 Å². The van der Waals surface area contributed by atoms with E-state index < -0.39 is 0 Å². The first-order valence-electron chi connectivity index (χ1n) is 6.87. The SMILES string of the molecule is CCC(Cc1ccccc1)CC(CC)N(C)C. The van der Waals surface area contributed by atoms with E-state index >= 15 is 0 Å². The quantitative estimate of drug-likeness (QED) is 0.688. The van der Waals surface area contributed by atoms with Gasteiger partial charge < -0.3 is 4.90 Å². The van der Waals surface area contributed by atoms with Gasteiger partial charge in [-0.15, -0.1) is 0 Å². The summed E-state index contributed by atoms with van der Waals surface area (Å²) in [5, 5.41) is 0. The molecule has 17 heavy (non-hydrogen) atoms. The van der Waals surface area contributed by atoms with E-state index in [0.29, 0.717) is 0 Å². The zero-order valence-electron chi connectivity index (χ0n) is 11.8. The van der Waals surface area contributed by atoms with Crippen LogP contribution in [0.15, 0.2) is 30.3 Å². The van der Waals surface area contributed by atoms with Crippen LogP contribution < -0.4 is 0 Å². The largest absolute Gasteiger partial charge is 0.306 e. The molecule has 0 aliphatic rings. The Morgan fingerprint density at radius 3 is 2.12 bits per heavy atom. The van der Waals surface area contributed by atoms with E-state index in [9.17, 15) is 0 Å². The number of nitrogens with zero attached hydrogens (tertiary/aromatic N) is 1. The smallest absolute Gasteiger partial charge is 0.00892 e. The normalized spacial score (nSPS) is 14.9. The van der Waals surface area contributed by atoms with E-state index in [4.69, 9.17) is 0 Å². The third kappa shape index (κ3) is 4.91. The second kappa shape index (κ2) is 7.50. The minimum absolute atomic E-state index is 0.726. The monoisotopic (exact) mass is 233 g/mol. The molecule has 0 saturated carbocycles. The lowest BCUT2D eigenvalue weighted by Gasteiger charge is -2.27. The van der Waals surface area contributed by atoms with E-state index in [1.54, 1.807) is 0 Å². The summed E-state index contributed by atoms with van der Waals surface area (Å²) in [7, 11) is 4.40. The minimum Gasteiger partial charge on any atom is -0.306 e. The van der Waals surface area contributed by atoms with Crippen molar-refractivity contribution in [2.45, 2.75) is 45.6 Å². The van der Waals surface area contributed by atoms with Crippen molar-refractivity contribution in [3.63, 3.8) is 0 Å². The van der Waals surface area contributed by atoms with Crippen LogP contribution in [-0.4, -0.2) is 25.0 Å². The van der Waals surface area contributed by atoms with Crippen molar-refractivity contribution >= 4 is 0 Å². The standard InChI is InChI=1S/C16H27N/c1-5-14(13-16(6-2)17(3)4)12-15-10-8-7-9-11-15/h7-11,14,16H,5-6,12-13H2,1-4H3. The van der Waals surface area contributed by atoms with Gasteiger partial charge in [-0.2, -0.15) is 0 Å². The van der Waals surface area contributed by atoms with Gasteiger partial charge in [0, 0.05) is 6.04 Å². The molecular weight excluding hydrogens is 206 g/mol. The fourth-order valence-corrected chi connectivity index (χ4v) is 2.47. The van der Waals surface area contributed by atoms with E-state index in [1.807, 2.05) is 0 Å². The Bertz CT molecular complexity index is 292. The Hall–Kier alpha value is -0.820. The number of rotatable bonds is 7. The van der Waals surface area contributed by atoms with Crippen LogP contribution >= 0.6 is 0 Å². The van der Waals surface area contributed by atoms with Crippen molar-refractivity contribution in [3.05, 3.63) is 35.9 Å². The Balaban J connectivity index is 2.54. The van der Waals surface area contributed by atoms with Gasteiger partial charge in [0.05, 0.1) is 0 Å². The van der Waals surface area contributed by atoms with Gasteiger partial charge in [0.15, 0.2) is 0 Å². The molecule has 1 aromatic rings. The molecule has 0 saturated heterocycles. The highest BCUT2D eigenvalue weighted by molar-refractivity contribution is 5.15. The van der Waals surface area contributed by atoms with Crippen LogP contribution in [0.1, 0.15) is 38.7 Å². The van der Waals surface area contributed by atoms with Gasteiger partial charge in [-0.25, -0.2) is 0 Å². The van der Waals surface area contributed by atoms with Crippen molar-refractivity contribution in [1.82, 2.24) is 4.90 Å². The summed E-state index contributed by atoms with van der Waals surface area (Å²) in [6.45, 7) is 4.61. The third-order valence-corrected chi connectivity index (χ3v) is 3.75. The molecule has 0 aromatic heterocycles. The zero-order valence-corrected chi connectivity index (χ0v) is 11.8. The molecule has 1 aromatic carbocycles. The average molecular weight is 233 g/mol. The van der Waals surface area contributed by atoms with Crippen molar-refractivity contribution in [2.24, 2.45) is 5.92 Å². The predicted molar refractivity (Wildman–Crippen MR) is 76.3 cm³/mol. The van der Waals surface area contributed by atoms with E-state index in [0.717, 1.165) is 12.0 Å². The summed E-state index contributed by atoms with van der Waals surface area (Å²) < 4.78 is 0. The molecule has 2 atom stereocenters. The summed E-state index contributed by atoms with van der Waals surface area (Å²) >= 11 is 0. The first-order chi connectivity index (χ1) is 8.17. The van der Waals surface area contributed by atoms with Gasteiger partial charge in [-0.05, 0) is 44.8 Å². The van der Waals surface area contributed by atoms with Crippen LogP contribution in [0.25, 0.3) is 0 Å². The van der Waals surface area contributed by atoms with Crippen LogP contribution in [-0.2, 0) is 6.42 Å². The van der Waals surface area contributed by atoms with Crippen molar-refractivity contribution in [3.8, 4) is 0 Å². The Labute approximate surface area is 107 Å². The molecular formula is C16H27N. The van der Waals surface area contributed by atoms with Gasteiger partial charge in [-0.3, -0.25) is 0 Å². The molecule has 2 unspecified atom stereocenters. The summed E-state index contributed by atoms with van der Waals surface area (Å²) in [6.07, 6.45) is 5.06. The van der Waals surface area contributed by atoms with Crippen LogP contribution in [0, 0.1) is 5.92 Å². The van der Waals surface area contributed by atoms with Crippen LogP contribution in [0.5, 0.6) is 0 Å². The first kappa shape index (κ1) is 14.2. The van der Waals surface area contributed by atoms with E-state index in [2.05, 4.69) is 63.2 Å². The number of hydrogen-bond acceptors (Lipinski definition) is 1. The molecule has 0 fully saturated rings. The third-order valence-electron chi connectivity index (χ3n) is 3.75. The van der Waals surface area contributed by atoms with E-state index in [1.165, 1.54) is 31.2 Å². The lowest BCUT2D eigenvalue weighted by molar-refractivity contribution is 0.233. The molecule has 0 bridgehead atoms. The zero-order chi connectivity index (χ0) is 12.7. The molecule has 0 amide bonds. The fourth-order valence-electron chi connectivity index (χ4n) is 2.47. The van der Waals surface area contributed by atoms with Crippen molar-refractivity contribution < 1.29 is 0 Å². The maximum Gasteiger partial charge on any atom is 0.00892 e. The molecule has 0 radical (unpaired) electrons. The summed E-state index contributed by atoms with van der Waals surface area (Å²) in [4.78, 5) is 2.37. The lowest BCUT2D eigenvalue weighted by Crippen LogP contribution is -2.29. The maximum atomic E-state index is 2.37. The molecule has 0 spiro atoms. The molecule has 1 nitrogen and oxygen atoms in total. The van der Waals surface area contributed by atoms with Crippen LogP contribution in [0.2, 0.25) is 0 Å². The fraction of sp³-hybridized carbons (Fsp3) is 0.625. The minimum atomic E-state index is 0.726. The van der Waals surface area contributed by atoms with Gasteiger partial charge >= 0.3 is 0 Å². The molecule has 1 heteroatoms. The van der Waals surface area contributed by atoms with Gasteiger partial charge in [-0.1, -0.05) is 50.6 Å². The molecule has 0 aliphatic carbocycles. The lowest BCUT2D eigenvalue weighted by atomic mass is 9.89. The van der Waals surface area contributed by atoms with Gasteiger partial charge in [0.25, 0.3) is 0 Å². The summed E-state index contributed by atoms with van der Waals surface area (Å²) in [6, 6.07) is 11.6. The van der Waals surface area contributed by atoms with Crippen LogP contribution in [0.3, 0.4) is 0 Å². The number of benzene rings is 1. The maximum absolute atomic E-state index is 2.37.